The van der Waals surface area contributed by atoms with Crippen LogP contribution in [0.1, 0.15) is 15.9 Å². The van der Waals surface area contributed by atoms with Gasteiger partial charge in [-0.15, -0.1) is 0 Å². The fraction of sp³-hybridized carbons (Fsp3) is 0.0385. The maximum Gasteiger partial charge on any atom is 0.261 e. The lowest BCUT2D eigenvalue weighted by molar-refractivity contribution is 0.102. The van der Waals surface area contributed by atoms with Gasteiger partial charge in [0.25, 0.3) is 26.0 Å². The van der Waals surface area contributed by atoms with Crippen LogP contribution in [0.2, 0.25) is 0 Å². The Kier molecular flexibility index (Phi) is 7.28. The Morgan fingerprint density at radius 3 is 1.86 bits per heavy atom. The molecule has 0 radical (unpaired) electrons. The molecule has 0 saturated heterocycles. The lowest BCUT2D eigenvalue weighted by Crippen LogP contribution is -2.15. The van der Waals surface area contributed by atoms with Gasteiger partial charge in [0.05, 0.1) is 15.5 Å². The minimum absolute atomic E-state index is 0.0410. The van der Waals surface area contributed by atoms with Crippen molar-refractivity contribution < 1.29 is 26.0 Å². The first-order valence-corrected chi connectivity index (χ1v) is 13.9. The highest BCUT2D eigenvalue weighted by Crippen LogP contribution is 2.23. The minimum Gasteiger partial charge on any atom is -0.322 e. The van der Waals surface area contributed by atoms with Gasteiger partial charge in [0.15, 0.2) is 0 Å². The maximum atomic E-state index is 13.0. The standard InChI is InChI=1S/C26H22FN3O5S2/c1-18-17-19(7-16-25(18)30-37(34,35)23-5-3-2-4-6-23)26(31)28-21-12-14-24(15-13-21)36(32,33)29-22-10-8-20(27)9-11-22/h2-17,29-30H,1H3,(H,28,31). The largest absolute Gasteiger partial charge is 0.322 e. The van der Waals surface area contributed by atoms with E-state index in [2.05, 4.69) is 14.8 Å². The van der Waals surface area contributed by atoms with E-state index in [1.807, 2.05) is 0 Å². The van der Waals surface area contributed by atoms with E-state index in [1.54, 1.807) is 31.2 Å². The molecule has 0 saturated carbocycles. The zero-order chi connectivity index (χ0) is 26.6. The number of anilines is 3. The molecule has 0 unspecified atom stereocenters. The van der Waals surface area contributed by atoms with Crippen molar-refractivity contribution in [1.29, 1.82) is 0 Å². The lowest BCUT2D eigenvalue weighted by Gasteiger charge is -2.12. The van der Waals surface area contributed by atoms with Crippen LogP contribution in [0.3, 0.4) is 0 Å². The Morgan fingerprint density at radius 2 is 1.24 bits per heavy atom. The van der Waals surface area contributed by atoms with Crippen molar-refractivity contribution in [3.63, 3.8) is 0 Å². The SMILES string of the molecule is Cc1cc(C(=O)Nc2ccc(S(=O)(=O)Nc3ccc(F)cc3)cc2)ccc1NS(=O)(=O)c1ccccc1. The van der Waals surface area contributed by atoms with Crippen LogP contribution in [0.15, 0.2) is 107 Å². The highest BCUT2D eigenvalue weighted by atomic mass is 32.2. The molecule has 190 valence electrons. The Morgan fingerprint density at radius 1 is 0.676 bits per heavy atom. The van der Waals surface area contributed by atoms with Crippen LogP contribution in [0.5, 0.6) is 0 Å². The van der Waals surface area contributed by atoms with E-state index in [0.717, 1.165) is 12.1 Å². The van der Waals surface area contributed by atoms with Crippen molar-refractivity contribution in [2.45, 2.75) is 16.7 Å². The number of hydrogen-bond acceptors (Lipinski definition) is 5. The minimum atomic E-state index is -3.91. The van der Waals surface area contributed by atoms with Gasteiger partial charge >= 0.3 is 0 Å². The molecule has 11 heteroatoms. The van der Waals surface area contributed by atoms with E-state index in [9.17, 15) is 26.0 Å². The molecule has 37 heavy (non-hydrogen) atoms. The highest BCUT2D eigenvalue weighted by Gasteiger charge is 2.17. The summed E-state index contributed by atoms with van der Waals surface area (Å²) in [7, 11) is -7.69. The molecular weight excluding hydrogens is 517 g/mol. The van der Waals surface area contributed by atoms with Gasteiger partial charge in [0.2, 0.25) is 0 Å². The Labute approximate surface area is 214 Å². The molecule has 0 fully saturated rings. The Hall–Kier alpha value is -4.22. The summed E-state index contributed by atoms with van der Waals surface area (Å²) in [5.74, 6) is -0.943. The number of aryl methyl sites for hydroxylation is 1. The van der Waals surface area contributed by atoms with Crippen LogP contribution in [-0.4, -0.2) is 22.7 Å². The molecule has 4 aromatic carbocycles. The number of sulfonamides is 2. The smallest absolute Gasteiger partial charge is 0.261 e. The van der Waals surface area contributed by atoms with Crippen LogP contribution in [0.4, 0.5) is 21.5 Å². The zero-order valence-electron chi connectivity index (χ0n) is 19.5. The second-order valence-electron chi connectivity index (χ2n) is 8.04. The summed E-state index contributed by atoms with van der Waals surface area (Å²) in [6.45, 7) is 1.67. The molecule has 3 N–H and O–H groups in total. The fourth-order valence-electron chi connectivity index (χ4n) is 3.38. The topological polar surface area (TPSA) is 121 Å². The van der Waals surface area contributed by atoms with E-state index in [-0.39, 0.29) is 21.0 Å². The number of benzene rings is 4. The van der Waals surface area contributed by atoms with Crippen molar-refractivity contribution in [2.75, 3.05) is 14.8 Å². The van der Waals surface area contributed by atoms with E-state index >= 15 is 0 Å². The van der Waals surface area contributed by atoms with Crippen molar-refractivity contribution >= 4 is 43.0 Å². The normalized spacial score (nSPS) is 11.5. The predicted molar refractivity (Wildman–Crippen MR) is 140 cm³/mol. The first-order chi connectivity index (χ1) is 17.5. The van der Waals surface area contributed by atoms with Crippen LogP contribution < -0.4 is 14.8 Å². The second-order valence-corrected chi connectivity index (χ2v) is 11.4. The molecule has 8 nitrogen and oxygen atoms in total. The van der Waals surface area contributed by atoms with Crippen molar-refractivity contribution in [2.24, 2.45) is 0 Å². The summed E-state index contributed by atoms with van der Waals surface area (Å²) in [4.78, 5) is 12.8. The summed E-state index contributed by atoms with van der Waals surface area (Å²) >= 11 is 0. The van der Waals surface area contributed by atoms with E-state index in [0.29, 0.717) is 16.9 Å². The van der Waals surface area contributed by atoms with Gasteiger partial charge in [-0.05, 0) is 91.3 Å². The maximum absolute atomic E-state index is 13.0. The Bertz CT molecular complexity index is 1640. The van der Waals surface area contributed by atoms with Gasteiger partial charge in [0.1, 0.15) is 5.82 Å². The molecule has 0 aliphatic rings. The number of halogens is 1. The first-order valence-electron chi connectivity index (χ1n) is 10.9. The van der Waals surface area contributed by atoms with Crippen molar-refractivity contribution in [1.82, 2.24) is 0 Å². The van der Waals surface area contributed by atoms with Crippen molar-refractivity contribution in [3.8, 4) is 0 Å². The summed E-state index contributed by atoms with van der Waals surface area (Å²) in [6, 6.07) is 22.9. The van der Waals surface area contributed by atoms with Crippen molar-refractivity contribution in [3.05, 3.63) is 114 Å². The van der Waals surface area contributed by atoms with Gasteiger partial charge in [0, 0.05) is 16.9 Å². The third-order valence-corrected chi connectivity index (χ3v) is 8.08. The van der Waals surface area contributed by atoms with Crippen LogP contribution in [-0.2, 0) is 20.0 Å². The van der Waals surface area contributed by atoms with E-state index < -0.39 is 31.8 Å². The van der Waals surface area contributed by atoms with Gasteiger partial charge in [-0.2, -0.15) is 0 Å². The Balaban J connectivity index is 1.43. The molecule has 0 spiro atoms. The number of amides is 1. The monoisotopic (exact) mass is 539 g/mol. The summed E-state index contributed by atoms with van der Waals surface area (Å²) in [5, 5.41) is 2.68. The summed E-state index contributed by atoms with van der Waals surface area (Å²) in [6.07, 6.45) is 0. The fourth-order valence-corrected chi connectivity index (χ4v) is 5.59. The molecule has 0 aliphatic carbocycles. The van der Waals surface area contributed by atoms with Gasteiger partial charge in [-0.1, -0.05) is 18.2 Å². The van der Waals surface area contributed by atoms with Gasteiger partial charge in [-0.3, -0.25) is 14.2 Å². The van der Waals surface area contributed by atoms with Gasteiger partial charge < -0.3 is 5.32 Å². The average Bonchev–Trinajstić information content (AvgIpc) is 2.87. The first kappa shape index (κ1) is 25.9. The van der Waals surface area contributed by atoms with E-state index in [1.165, 1.54) is 60.7 Å². The zero-order valence-corrected chi connectivity index (χ0v) is 21.1. The molecule has 4 rings (SSSR count). The number of carbonyl (C=O) groups is 1. The quantitative estimate of drug-likeness (QED) is 0.291. The number of nitrogens with one attached hydrogen (secondary N) is 3. The van der Waals surface area contributed by atoms with Crippen LogP contribution in [0.25, 0.3) is 0 Å². The summed E-state index contributed by atoms with van der Waals surface area (Å²) in [5.41, 5.74) is 1.74. The number of carbonyl (C=O) groups excluding carboxylic acids is 1. The predicted octanol–water partition coefficient (Wildman–Crippen LogP) is 4.99. The second kappa shape index (κ2) is 10.4. The average molecular weight is 540 g/mol. The molecular formula is C26H22FN3O5S2. The molecule has 0 bridgehead atoms. The molecule has 0 aliphatic heterocycles. The molecule has 1 amide bonds. The summed E-state index contributed by atoms with van der Waals surface area (Å²) < 4.78 is 68.2. The third-order valence-electron chi connectivity index (χ3n) is 5.31. The molecule has 4 aromatic rings. The number of hydrogen-bond donors (Lipinski definition) is 3. The van der Waals surface area contributed by atoms with Crippen LogP contribution >= 0.6 is 0 Å². The van der Waals surface area contributed by atoms with Crippen LogP contribution in [0, 0.1) is 12.7 Å². The lowest BCUT2D eigenvalue weighted by atomic mass is 10.1. The highest BCUT2D eigenvalue weighted by molar-refractivity contribution is 7.93. The van der Waals surface area contributed by atoms with E-state index in [4.69, 9.17) is 0 Å². The molecule has 0 heterocycles. The molecule has 0 aromatic heterocycles. The number of rotatable bonds is 8. The molecule has 0 atom stereocenters. The third kappa shape index (κ3) is 6.32. The van der Waals surface area contributed by atoms with Gasteiger partial charge in [-0.25, -0.2) is 21.2 Å².